The molecule has 1 saturated heterocycles. The van der Waals surface area contributed by atoms with E-state index in [4.69, 9.17) is 0 Å². The van der Waals surface area contributed by atoms with Gasteiger partial charge < -0.3 is 10.6 Å². The van der Waals surface area contributed by atoms with E-state index in [1.807, 2.05) is 13.1 Å². The van der Waals surface area contributed by atoms with Gasteiger partial charge in [0.15, 0.2) is 0 Å². The van der Waals surface area contributed by atoms with Gasteiger partial charge in [0.1, 0.15) is 0 Å². The summed E-state index contributed by atoms with van der Waals surface area (Å²) in [7, 11) is 0. The van der Waals surface area contributed by atoms with Gasteiger partial charge in [-0.05, 0) is 44.7 Å². The predicted molar refractivity (Wildman–Crippen MR) is 70.3 cm³/mol. The number of nitrogens with one attached hydrogen (secondary N) is 3. The van der Waals surface area contributed by atoms with Gasteiger partial charge in [0.25, 0.3) is 0 Å². The number of aryl methyl sites for hydroxylation is 2. The van der Waals surface area contributed by atoms with Crippen molar-refractivity contribution in [3.05, 3.63) is 17.5 Å². The third-order valence-corrected chi connectivity index (χ3v) is 3.47. The molecule has 1 aromatic rings. The van der Waals surface area contributed by atoms with Gasteiger partial charge in [-0.15, -0.1) is 0 Å². The van der Waals surface area contributed by atoms with Crippen LogP contribution in [0.2, 0.25) is 0 Å². The van der Waals surface area contributed by atoms with E-state index in [0.717, 1.165) is 44.5 Å². The molecule has 3 N–H and O–H groups in total. The highest BCUT2D eigenvalue weighted by Crippen LogP contribution is 2.08. The Morgan fingerprint density at radius 1 is 1.56 bits per heavy atom. The van der Waals surface area contributed by atoms with Gasteiger partial charge in [0.2, 0.25) is 5.91 Å². The second-order valence-corrected chi connectivity index (χ2v) is 4.97. The molecule has 1 aliphatic heterocycles. The minimum absolute atomic E-state index is 0.177. The van der Waals surface area contributed by atoms with Crippen LogP contribution in [-0.2, 0) is 11.2 Å². The van der Waals surface area contributed by atoms with Crippen LogP contribution in [0.3, 0.4) is 0 Å². The Morgan fingerprint density at radius 3 is 3.22 bits per heavy atom. The molecule has 1 amide bonds. The highest BCUT2D eigenvalue weighted by Gasteiger charge is 2.16. The molecule has 2 rings (SSSR count). The van der Waals surface area contributed by atoms with E-state index < -0.39 is 0 Å². The molecule has 2 heterocycles. The average Bonchev–Trinajstić information content (AvgIpc) is 2.63. The highest BCUT2D eigenvalue weighted by molar-refractivity contribution is 5.76. The molecule has 1 unspecified atom stereocenters. The van der Waals surface area contributed by atoms with Crippen molar-refractivity contribution in [1.82, 2.24) is 20.8 Å². The minimum atomic E-state index is 0.177. The van der Waals surface area contributed by atoms with Crippen molar-refractivity contribution in [2.24, 2.45) is 0 Å². The molecule has 5 heteroatoms. The topological polar surface area (TPSA) is 69.8 Å². The summed E-state index contributed by atoms with van der Waals surface area (Å²) < 4.78 is 0. The van der Waals surface area contributed by atoms with Gasteiger partial charge in [0, 0.05) is 24.7 Å². The van der Waals surface area contributed by atoms with Crippen LogP contribution in [0.5, 0.6) is 0 Å². The quantitative estimate of drug-likeness (QED) is 0.680. The zero-order valence-corrected chi connectivity index (χ0v) is 11.0. The molecule has 1 aliphatic rings. The molecule has 0 aliphatic carbocycles. The summed E-state index contributed by atoms with van der Waals surface area (Å²) in [6.07, 6.45) is 6.79. The van der Waals surface area contributed by atoms with E-state index in [1.165, 1.54) is 5.56 Å². The van der Waals surface area contributed by atoms with Crippen molar-refractivity contribution in [2.45, 2.75) is 45.1 Å². The summed E-state index contributed by atoms with van der Waals surface area (Å²) in [5, 5.41) is 13.3. The summed E-state index contributed by atoms with van der Waals surface area (Å²) in [5.74, 6) is 0.177. The Bertz CT molecular complexity index is 388. The maximum atomic E-state index is 11.4. The maximum Gasteiger partial charge on any atom is 0.221 e. The molecule has 1 fully saturated rings. The monoisotopic (exact) mass is 250 g/mol. The van der Waals surface area contributed by atoms with Gasteiger partial charge in [-0.1, -0.05) is 0 Å². The standard InChI is InChI=1S/C13H22N4O/c1-10-11(9-16-17-10)4-2-6-14-12-5-3-7-15-13(18)8-12/h9,12,14H,2-8H2,1H3,(H,15,18)(H,16,17). The van der Waals surface area contributed by atoms with E-state index in [-0.39, 0.29) is 5.91 Å². The molecular formula is C13H22N4O. The molecule has 1 aromatic heterocycles. The lowest BCUT2D eigenvalue weighted by Crippen LogP contribution is -2.33. The molecular weight excluding hydrogens is 228 g/mol. The van der Waals surface area contributed by atoms with Crippen LogP contribution in [-0.4, -0.2) is 35.2 Å². The zero-order valence-electron chi connectivity index (χ0n) is 11.0. The van der Waals surface area contributed by atoms with E-state index in [2.05, 4.69) is 20.8 Å². The number of nitrogens with zero attached hydrogens (tertiary/aromatic N) is 1. The van der Waals surface area contributed by atoms with Crippen molar-refractivity contribution < 1.29 is 4.79 Å². The number of aromatic amines is 1. The Kier molecular flexibility index (Phi) is 4.75. The van der Waals surface area contributed by atoms with Crippen LogP contribution in [0.1, 0.15) is 36.9 Å². The van der Waals surface area contributed by atoms with Gasteiger partial charge in [0.05, 0.1) is 6.20 Å². The molecule has 0 bridgehead atoms. The molecule has 0 radical (unpaired) electrons. The highest BCUT2D eigenvalue weighted by atomic mass is 16.1. The first-order chi connectivity index (χ1) is 8.75. The van der Waals surface area contributed by atoms with Crippen LogP contribution in [0.4, 0.5) is 0 Å². The number of carbonyl (C=O) groups is 1. The van der Waals surface area contributed by atoms with E-state index in [9.17, 15) is 4.79 Å². The van der Waals surface area contributed by atoms with Gasteiger partial charge in [-0.25, -0.2) is 0 Å². The van der Waals surface area contributed by atoms with Gasteiger partial charge in [-0.2, -0.15) is 5.10 Å². The summed E-state index contributed by atoms with van der Waals surface area (Å²) >= 11 is 0. The lowest BCUT2D eigenvalue weighted by atomic mass is 10.1. The Hall–Kier alpha value is -1.36. The fourth-order valence-corrected chi connectivity index (χ4v) is 2.36. The Labute approximate surface area is 108 Å². The van der Waals surface area contributed by atoms with Gasteiger partial charge in [-0.3, -0.25) is 9.89 Å². The molecule has 100 valence electrons. The first-order valence-electron chi connectivity index (χ1n) is 6.74. The number of amides is 1. The number of aromatic nitrogens is 2. The van der Waals surface area contributed by atoms with E-state index in [0.29, 0.717) is 12.5 Å². The van der Waals surface area contributed by atoms with Crippen molar-refractivity contribution in [1.29, 1.82) is 0 Å². The first-order valence-corrected chi connectivity index (χ1v) is 6.74. The van der Waals surface area contributed by atoms with Crippen molar-refractivity contribution in [3.8, 4) is 0 Å². The molecule has 0 spiro atoms. The Morgan fingerprint density at radius 2 is 2.44 bits per heavy atom. The number of H-pyrrole nitrogens is 1. The zero-order chi connectivity index (χ0) is 12.8. The molecule has 0 aromatic carbocycles. The third-order valence-electron chi connectivity index (χ3n) is 3.47. The average molecular weight is 250 g/mol. The molecule has 18 heavy (non-hydrogen) atoms. The summed E-state index contributed by atoms with van der Waals surface area (Å²) in [4.78, 5) is 11.4. The maximum absolute atomic E-state index is 11.4. The number of carbonyl (C=O) groups excluding carboxylic acids is 1. The lowest BCUT2D eigenvalue weighted by Gasteiger charge is -2.14. The smallest absolute Gasteiger partial charge is 0.221 e. The van der Waals surface area contributed by atoms with E-state index >= 15 is 0 Å². The second-order valence-electron chi connectivity index (χ2n) is 4.97. The largest absolute Gasteiger partial charge is 0.356 e. The van der Waals surface area contributed by atoms with Crippen LogP contribution in [0.15, 0.2) is 6.20 Å². The fourth-order valence-electron chi connectivity index (χ4n) is 2.36. The third kappa shape index (κ3) is 3.84. The summed E-state index contributed by atoms with van der Waals surface area (Å²) in [5.41, 5.74) is 2.44. The molecule has 1 atom stereocenters. The van der Waals surface area contributed by atoms with Crippen molar-refractivity contribution in [2.75, 3.05) is 13.1 Å². The number of rotatable bonds is 5. The van der Waals surface area contributed by atoms with Gasteiger partial charge >= 0.3 is 0 Å². The fraction of sp³-hybridized carbons (Fsp3) is 0.692. The first kappa shape index (κ1) is 13.1. The predicted octanol–water partition coefficient (Wildman–Crippen LogP) is 0.909. The van der Waals surface area contributed by atoms with Crippen molar-refractivity contribution >= 4 is 5.91 Å². The lowest BCUT2D eigenvalue weighted by molar-refractivity contribution is -0.121. The van der Waals surface area contributed by atoms with Crippen LogP contribution < -0.4 is 10.6 Å². The second kappa shape index (κ2) is 6.54. The summed E-state index contributed by atoms with van der Waals surface area (Å²) in [6.45, 7) is 3.83. The normalized spacial score (nSPS) is 20.5. The van der Waals surface area contributed by atoms with Crippen LogP contribution >= 0.6 is 0 Å². The van der Waals surface area contributed by atoms with Crippen molar-refractivity contribution in [3.63, 3.8) is 0 Å². The minimum Gasteiger partial charge on any atom is -0.356 e. The Balaban J connectivity index is 1.65. The number of hydrogen-bond donors (Lipinski definition) is 3. The van der Waals surface area contributed by atoms with E-state index in [1.54, 1.807) is 0 Å². The number of hydrogen-bond acceptors (Lipinski definition) is 3. The SMILES string of the molecule is Cc1[nH]ncc1CCCNC1CCCNC(=O)C1. The summed E-state index contributed by atoms with van der Waals surface area (Å²) in [6, 6.07) is 0.345. The molecule has 5 nitrogen and oxygen atoms in total. The van der Waals surface area contributed by atoms with Crippen LogP contribution in [0.25, 0.3) is 0 Å². The van der Waals surface area contributed by atoms with Crippen LogP contribution in [0, 0.1) is 6.92 Å². The molecule has 0 saturated carbocycles.